The lowest BCUT2D eigenvalue weighted by Crippen LogP contribution is -2.44. The molecule has 4 rings (SSSR count). The van der Waals surface area contributed by atoms with E-state index in [1.807, 2.05) is 24.1 Å². The number of thiazole rings is 1. The molecule has 2 saturated heterocycles. The zero-order valence-corrected chi connectivity index (χ0v) is 18.7. The monoisotopic (exact) mass is 443 g/mol. The molecule has 0 radical (unpaired) electrons. The van der Waals surface area contributed by atoms with Gasteiger partial charge in [-0.05, 0) is 25.8 Å². The standard InChI is InChI=1S/C21H29N7O2S/c1-3-19(29)28-6-4-5-16(14-28)23-20-24-17(13-27-7-9-30-10-8-27)11-18(25-20)26-21-22-12-15(2)31-21/h3,11-12,16H,1,4-10,13-14H2,2H3,(H2,22,23,24,25,26)/t16-/m1/s1. The van der Waals surface area contributed by atoms with Crippen LogP contribution in [0.4, 0.5) is 16.9 Å². The largest absolute Gasteiger partial charge is 0.379 e. The van der Waals surface area contributed by atoms with Crippen LogP contribution in [0.2, 0.25) is 0 Å². The van der Waals surface area contributed by atoms with Crippen LogP contribution in [0.25, 0.3) is 0 Å². The number of nitrogens with zero attached hydrogens (tertiary/aromatic N) is 5. The number of hydrogen-bond donors (Lipinski definition) is 2. The topological polar surface area (TPSA) is 95.5 Å². The van der Waals surface area contributed by atoms with Crippen LogP contribution in [0.3, 0.4) is 0 Å². The number of anilines is 3. The van der Waals surface area contributed by atoms with Crippen LogP contribution >= 0.6 is 11.3 Å². The van der Waals surface area contributed by atoms with Crippen LogP contribution in [0.15, 0.2) is 24.9 Å². The minimum absolute atomic E-state index is 0.0324. The van der Waals surface area contributed by atoms with E-state index < -0.39 is 0 Å². The zero-order valence-electron chi connectivity index (χ0n) is 17.8. The van der Waals surface area contributed by atoms with Crippen LogP contribution < -0.4 is 10.6 Å². The normalized spacial score (nSPS) is 19.8. The van der Waals surface area contributed by atoms with Gasteiger partial charge in [0.05, 0.1) is 18.9 Å². The lowest BCUT2D eigenvalue weighted by Gasteiger charge is -2.32. The number of amides is 1. The van der Waals surface area contributed by atoms with Gasteiger partial charge in [-0.1, -0.05) is 6.58 Å². The third-order valence-corrected chi connectivity index (χ3v) is 6.19. The van der Waals surface area contributed by atoms with Gasteiger partial charge >= 0.3 is 0 Å². The van der Waals surface area contributed by atoms with Gasteiger partial charge in [0.2, 0.25) is 11.9 Å². The van der Waals surface area contributed by atoms with E-state index in [2.05, 4.69) is 32.1 Å². The van der Waals surface area contributed by atoms with Gasteiger partial charge in [-0.3, -0.25) is 9.69 Å². The first-order chi connectivity index (χ1) is 15.1. The fourth-order valence-electron chi connectivity index (χ4n) is 3.82. The Labute approximate surface area is 186 Å². The Hall–Kier alpha value is -2.56. The second kappa shape index (κ2) is 10.2. The molecule has 1 atom stereocenters. The number of rotatable bonds is 7. The Kier molecular flexibility index (Phi) is 7.10. The molecule has 4 heterocycles. The van der Waals surface area contributed by atoms with E-state index >= 15 is 0 Å². The Morgan fingerprint density at radius 1 is 1.35 bits per heavy atom. The molecule has 2 aromatic rings. The number of likely N-dealkylation sites (tertiary alicyclic amines) is 1. The summed E-state index contributed by atoms with van der Waals surface area (Å²) in [6, 6.07) is 2.08. The SMILES string of the molecule is C=CC(=O)N1CCC[C@@H](Nc2nc(CN3CCOCC3)cc(Nc3ncc(C)s3)n2)C1. The molecule has 2 fully saturated rings. The second-order valence-electron chi connectivity index (χ2n) is 7.83. The second-order valence-corrected chi connectivity index (χ2v) is 9.06. The first-order valence-corrected chi connectivity index (χ1v) is 11.5. The summed E-state index contributed by atoms with van der Waals surface area (Å²) in [5.74, 6) is 1.25. The molecule has 10 heteroatoms. The first kappa shape index (κ1) is 21.7. The van der Waals surface area contributed by atoms with Crippen molar-refractivity contribution >= 4 is 34.1 Å². The number of carbonyl (C=O) groups excluding carboxylic acids is 1. The van der Waals surface area contributed by atoms with Crippen molar-refractivity contribution in [2.75, 3.05) is 50.0 Å². The van der Waals surface area contributed by atoms with E-state index in [1.54, 1.807) is 11.3 Å². The van der Waals surface area contributed by atoms with Crippen LogP contribution in [0.1, 0.15) is 23.4 Å². The van der Waals surface area contributed by atoms with E-state index in [0.717, 1.165) is 67.9 Å². The molecule has 0 unspecified atom stereocenters. The number of piperidine rings is 1. The molecule has 0 saturated carbocycles. The van der Waals surface area contributed by atoms with Crippen molar-refractivity contribution in [3.05, 3.63) is 35.5 Å². The Morgan fingerprint density at radius 3 is 2.94 bits per heavy atom. The van der Waals surface area contributed by atoms with Crippen molar-refractivity contribution in [1.29, 1.82) is 0 Å². The number of carbonyl (C=O) groups is 1. The maximum atomic E-state index is 12.0. The summed E-state index contributed by atoms with van der Waals surface area (Å²) in [5.41, 5.74) is 0.935. The molecule has 2 aliphatic rings. The van der Waals surface area contributed by atoms with Gasteiger partial charge in [0.15, 0.2) is 5.13 Å². The van der Waals surface area contributed by atoms with E-state index in [0.29, 0.717) is 18.3 Å². The van der Waals surface area contributed by atoms with Crippen LogP contribution in [-0.4, -0.2) is 76.1 Å². The summed E-state index contributed by atoms with van der Waals surface area (Å²) in [6.45, 7) is 11.0. The molecule has 0 spiro atoms. The van der Waals surface area contributed by atoms with Gasteiger partial charge in [0, 0.05) is 55.9 Å². The Bertz CT molecular complexity index is 913. The lowest BCUT2D eigenvalue weighted by molar-refractivity contribution is -0.127. The van der Waals surface area contributed by atoms with Gasteiger partial charge in [-0.25, -0.2) is 9.97 Å². The highest BCUT2D eigenvalue weighted by molar-refractivity contribution is 7.15. The van der Waals surface area contributed by atoms with Gasteiger partial charge in [0.25, 0.3) is 0 Å². The fourth-order valence-corrected chi connectivity index (χ4v) is 4.50. The Balaban J connectivity index is 1.51. The quantitative estimate of drug-likeness (QED) is 0.630. The first-order valence-electron chi connectivity index (χ1n) is 10.6. The molecule has 2 aromatic heterocycles. The van der Waals surface area contributed by atoms with E-state index in [4.69, 9.17) is 9.72 Å². The molecule has 9 nitrogen and oxygen atoms in total. The predicted octanol–water partition coefficient (Wildman–Crippen LogP) is 2.41. The van der Waals surface area contributed by atoms with Gasteiger partial charge in [0.1, 0.15) is 5.82 Å². The van der Waals surface area contributed by atoms with Crippen LogP contribution in [0.5, 0.6) is 0 Å². The van der Waals surface area contributed by atoms with Crippen molar-refractivity contribution in [3.8, 4) is 0 Å². The van der Waals surface area contributed by atoms with Gasteiger partial charge in [-0.15, -0.1) is 11.3 Å². The Morgan fingerprint density at radius 2 is 2.19 bits per heavy atom. The van der Waals surface area contributed by atoms with Crippen molar-refractivity contribution in [3.63, 3.8) is 0 Å². The predicted molar refractivity (Wildman–Crippen MR) is 122 cm³/mol. The minimum Gasteiger partial charge on any atom is -0.379 e. The molecular formula is C21H29N7O2S. The molecule has 0 aromatic carbocycles. The number of nitrogens with one attached hydrogen (secondary N) is 2. The maximum absolute atomic E-state index is 12.0. The van der Waals surface area contributed by atoms with Crippen molar-refractivity contribution < 1.29 is 9.53 Å². The van der Waals surface area contributed by atoms with Gasteiger partial charge < -0.3 is 20.3 Å². The highest BCUT2D eigenvalue weighted by Gasteiger charge is 2.23. The average molecular weight is 444 g/mol. The number of ether oxygens (including phenoxy) is 1. The van der Waals surface area contributed by atoms with Gasteiger partial charge in [-0.2, -0.15) is 4.98 Å². The smallest absolute Gasteiger partial charge is 0.246 e. The molecule has 31 heavy (non-hydrogen) atoms. The molecule has 166 valence electrons. The molecule has 0 aliphatic carbocycles. The number of hydrogen-bond acceptors (Lipinski definition) is 9. The summed E-state index contributed by atoms with van der Waals surface area (Å²) in [4.78, 5) is 31.1. The lowest BCUT2D eigenvalue weighted by atomic mass is 10.1. The third-order valence-electron chi connectivity index (χ3n) is 5.37. The number of aromatic nitrogens is 3. The zero-order chi connectivity index (χ0) is 21.6. The summed E-state index contributed by atoms with van der Waals surface area (Å²) in [6.07, 6.45) is 5.12. The van der Waals surface area contributed by atoms with Crippen LogP contribution in [0, 0.1) is 6.92 Å². The van der Waals surface area contributed by atoms with Crippen LogP contribution in [-0.2, 0) is 16.1 Å². The van der Waals surface area contributed by atoms with Crippen molar-refractivity contribution in [2.45, 2.75) is 32.4 Å². The van der Waals surface area contributed by atoms with E-state index in [1.165, 1.54) is 6.08 Å². The number of morpholine rings is 1. The maximum Gasteiger partial charge on any atom is 0.246 e. The summed E-state index contributed by atoms with van der Waals surface area (Å²) in [7, 11) is 0. The highest BCUT2D eigenvalue weighted by atomic mass is 32.1. The minimum atomic E-state index is -0.0324. The van der Waals surface area contributed by atoms with E-state index in [9.17, 15) is 4.79 Å². The molecular weight excluding hydrogens is 414 g/mol. The number of aryl methyl sites for hydroxylation is 1. The van der Waals surface area contributed by atoms with Crippen molar-refractivity contribution in [1.82, 2.24) is 24.8 Å². The molecule has 0 bridgehead atoms. The molecule has 2 N–H and O–H groups in total. The molecule has 1 amide bonds. The summed E-state index contributed by atoms with van der Waals surface area (Å²) in [5, 5.41) is 7.57. The highest BCUT2D eigenvalue weighted by Crippen LogP contribution is 2.23. The van der Waals surface area contributed by atoms with E-state index in [-0.39, 0.29) is 11.9 Å². The molecule has 2 aliphatic heterocycles. The third kappa shape index (κ3) is 5.99. The summed E-state index contributed by atoms with van der Waals surface area (Å²) >= 11 is 1.59. The van der Waals surface area contributed by atoms with Crippen molar-refractivity contribution in [2.24, 2.45) is 0 Å². The summed E-state index contributed by atoms with van der Waals surface area (Å²) < 4.78 is 5.46. The average Bonchev–Trinajstić information content (AvgIpc) is 3.18. The fraction of sp³-hybridized carbons (Fsp3) is 0.524.